The molecule has 1 aliphatic heterocycles. The number of rotatable bonds is 2. The van der Waals surface area contributed by atoms with Crippen molar-refractivity contribution < 1.29 is 4.79 Å². The van der Waals surface area contributed by atoms with Gasteiger partial charge in [0, 0.05) is 39.4 Å². The van der Waals surface area contributed by atoms with E-state index in [0.29, 0.717) is 11.4 Å². The minimum absolute atomic E-state index is 0.0833. The van der Waals surface area contributed by atoms with Gasteiger partial charge in [-0.15, -0.1) is 0 Å². The minimum Gasteiger partial charge on any atom is -0.397 e. The Morgan fingerprint density at radius 3 is 2.47 bits per heavy atom. The first kappa shape index (κ1) is 12.0. The van der Waals surface area contributed by atoms with Gasteiger partial charge >= 0.3 is 0 Å². The first-order valence-corrected chi connectivity index (χ1v) is 6.05. The molecule has 0 unspecified atom stereocenters. The molecule has 0 aromatic carbocycles. The molecule has 1 fully saturated rings. The van der Waals surface area contributed by atoms with E-state index < -0.39 is 0 Å². The van der Waals surface area contributed by atoms with Gasteiger partial charge in [-0.3, -0.25) is 4.79 Å². The average Bonchev–Trinajstić information content (AvgIpc) is 2.68. The lowest BCUT2D eigenvalue weighted by atomic mass is 10.2. The van der Waals surface area contributed by atoms with E-state index in [1.54, 1.807) is 16.8 Å². The van der Waals surface area contributed by atoms with E-state index in [9.17, 15) is 4.79 Å². The van der Waals surface area contributed by atoms with Crippen LogP contribution >= 0.6 is 0 Å². The number of amides is 1. The number of nitrogens with two attached hydrogens (primary N) is 1. The number of hydrogen-bond acceptors (Lipinski definition) is 3. The van der Waals surface area contributed by atoms with Crippen LogP contribution in [0.2, 0.25) is 0 Å². The van der Waals surface area contributed by atoms with Crippen LogP contribution in [0.1, 0.15) is 17.4 Å². The number of piperazine rings is 1. The van der Waals surface area contributed by atoms with Crippen LogP contribution in [0.15, 0.2) is 12.3 Å². The summed E-state index contributed by atoms with van der Waals surface area (Å²) in [6.45, 7) is 6.73. The maximum atomic E-state index is 12.3. The van der Waals surface area contributed by atoms with Gasteiger partial charge < -0.3 is 20.1 Å². The van der Waals surface area contributed by atoms with E-state index in [1.165, 1.54) is 0 Å². The topological polar surface area (TPSA) is 54.5 Å². The number of likely N-dealkylation sites (N-methyl/N-ethyl adjacent to an activating group) is 1. The zero-order valence-electron chi connectivity index (χ0n) is 10.5. The molecule has 0 radical (unpaired) electrons. The Kier molecular flexibility index (Phi) is 3.38. The fourth-order valence-corrected chi connectivity index (χ4v) is 2.23. The van der Waals surface area contributed by atoms with Crippen LogP contribution in [0, 0.1) is 0 Å². The van der Waals surface area contributed by atoms with Crippen molar-refractivity contribution in [1.29, 1.82) is 0 Å². The number of nitrogen functional groups attached to an aromatic ring is 1. The normalized spacial score (nSPS) is 17.4. The van der Waals surface area contributed by atoms with Crippen LogP contribution in [-0.2, 0) is 7.05 Å². The molecule has 2 rings (SSSR count). The molecule has 5 heteroatoms. The molecule has 0 aliphatic carbocycles. The molecular weight excluding hydrogens is 216 g/mol. The van der Waals surface area contributed by atoms with E-state index in [2.05, 4.69) is 11.8 Å². The zero-order valence-corrected chi connectivity index (χ0v) is 10.5. The molecule has 1 aromatic heterocycles. The number of nitrogens with zero attached hydrogens (tertiary/aromatic N) is 3. The summed E-state index contributed by atoms with van der Waals surface area (Å²) in [5, 5.41) is 0. The first-order valence-electron chi connectivity index (χ1n) is 6.05. The Balaban J connectivity index is 2.04. The van der Waals surface area contributed by atoms with Gasteiger partial charge in [0.1, 0.15) is 5.69 Å². The molecule has 17 heavy (non-hydrogen) atoms. The number of aromatic nitrogens is 1. The van der Waals surface area contributed by atoms with Crippen molar-refractivity contribution in [3.8, 4) is 0 Å². The van der Waals surface area contributed by atoms with Gasteiger partial charge in [-0.25, -0.2) is 0 Å². The molecule has 5 nitrogen and oxygen atoms in total. The Labute approximate surface area is 102 Å². The van der Waals surface area contributed by atoms with Crippen molar-refractivity contribution in [2.75, 3.05) is 38.5 Å². The third-order valence-electron chi connectivity index (χ3n) is 3.35. The van der Waals surface area contributed by atoms with Gasteiger partial charge in [0.2, 0.25) is 0 Å². The van der Waals surface area contributed by atoms with Crippen molar-refractivity contribution in [3.63, 3.8) is 0 Å². The van der Waals surface area contributed by atoms with Crippen molar-refractivity contribution in [1.82, 2.24) is 14.4 Å². The summed E-state index contributed by atoms with van der Waals surface area (Å²) in [5.41, 5.74) is 7.01. The number of aryl methyl sites for hydroxylation is 1. The summed E-state index contributed by atoms with van der Waals surface area (Å²) in [4.78, 5) is 16.5. The standard InChI is InChI=1S/C12H20N4O/c1-3-15-4-6-16(7-5-15)12(17)11-8-10(13)9-14(11)2/h8-9H,3-7,13H2,1-2H3. The molecule has 0 bridgehead atoms. The lowest BCUT2D eigenvalue weighted by Gasteiger charge is -2.34. The predicted molar refractivity (Wildman–Crippen MR) is 67.8 cm³/mol. The molecule has 2 N–H and O–H groups in total. The smallest absolute Gasteiger partial charge is 0.270 e. The second-order valence-electron chi connectivity index (χ2n) is 4.50. The molecule has 1 aromatic rings. The van der Waals surface area contributed by atoms with Crippen molar-refractivity contribution in [2.45, 2.75) is 6.92 Å². The monoisotopic (exact) mass is 236 g/mol. The van der Waals surface area contributed by atoms with Gasteiger partial charge in [-0.05, 0) is 12.6 Å². The van der Waals surface area contributed by atoms with Gasteiger partial charge in [-0.1, -0.05) is 6.92 Å². The number of hydrogen-bond donors (Lipinski definition) is 1. The highest BCUT2D eigenvalue weighted by Crippen LogP contribution is 2.13. The van der Waals surface area contributed by atoms with Crippen molar-refractivity contribution in [3.05, 3.63) is 18.0 Å². The zero-order chi connectivity index (χ0) is 12.4. The highest BCUT2D eigenvalue weighted by molar-refractivity contribution is 5.93. The summed E-state index contributed by atoms with van der Waals surface area (Å²) in [7, 11) is 1.85. The van der Waals surface area contributed by atoms with Crippen molar-refractivity contribution in [2.24, 2.45) is 7.05 Å². The number of carbonyl (C=O) groups excluding carboxylic acids is 1. The Morgan fingerprint density at radius 2 is 2.00 bits per heavy atom. The summed E-state index contributed by atoms with van der Waals surface area (Å²) in [5.74, 6) is 0.0833. The van der Waals surface area contributed by atoms with Gasteiger partial charge in [-0.2, -0.15) is 0 Å². The van der Waals surface area contributed by atoms with E-state index >= 15 is 0 Å². The summed E-state index contributed by atoms with van der Waals surface area (Å²) in [6.07, 6.45) is 1.77. The molecular formula is C12H20N4O. The molecule has 2 heterocycles. The molecule has 0 atom stereocenters. The summed E-state index contributed by atoms with van der Waals surface area (Å²) in [6, 6.07) is 1.74. The third-order valence-corrected chi connectivity index (χ3v) is 3.35. The average molecular weight is 236 g/mol. The van der Waals surface area contributed by atoms with Crippen molar-refractivity contribution >= 4 is 11.6 Å². The maximum absolute atomic E-state index is 12.3. The van der Waals surface area contributed by atoms with Gasteiger partial charge in [0.15, 0.2) is 0 Å². The summed E-state index contributed by atoms with van der Waals surface area (Å²) < 4.78 is 1.80. The van der Waals surface area contributed by atoms with Crippen LogP contribution < -0.4 is 5.73 Å². The van der Waals surface area contributed by atoms with Crippen LogP contribution in [-0.4, -0.2) is 53.0 Å². The van der Waals surface area contributed by atoms with E-state index in [4.69, 9.17) is 5.73 Å². The number of anilines is 1. The molecule has 1 saturated heterocycles. The first-order chi connectivity index (χ1) is 8.11. The fourth-order valence-electron chi connectivity index (χ4n) is 2.23. The molecule has 0 saturated carbocycles. The molecule has 1 amide bonds. The maximum Gasteiger partial charge on any atom is 0.270 e. The van der Waals surface area contributed by atoms with Crippen LogP contribution in [0.25, 0.3) is 0 Å². The SMILES string of the molecule is CCN1CCN(C(=O)c2cc(N)cn2C)CC1. The second-order valence-corrected chi connectivity index (χ2v) is 4.50. The van der Waals surface area contributed by atoms with Crippen LogP contribution in [0.3, 0.4) is 0 Å². The highest BCUT2D eigenvalue weighted by Gasteiger charge is 2.23. The van der Waals surface area contributed by atoms with Crippen LogP contribution in [0.4, 0.5) is 5.69 Å². The predicted octanol–water partition coefficient (Wildman–Crippen LogP) is 0.385. The Bertz CT molecular complexity index is 405. The number of carbonyl (C=O) groups is 1. The quantitative estimate of drug-likeness (QED) is 0.808. The van der Waals surface area contributed by atoms with Gasteiger partial charge in [0.25, 0.3) is 5.91 Å². The lowest BCUT2D eigenvalue weighted by molar-refractivity contribution is 0.0634. The highest BCUT2D eigenvalue weighted by atomic mass is 16.2. The van der Waals surface area contributed by atoms with Gasteiger partial charge in [0.05, 0.1) is 5.69 Å². The molecule has 1 aliphatic rings. The van der Waals surface area contributed by atoms with E-state index in [0.717, 1.165) is 32.7 Å². The van der Waals surface area contributed by atoms with E-state index in [-0.39, 0.29) is 5.91 Å². The molecule has 94 valence electrons. The largest absolute Gasteiger partial charge is 0.397 e. The summed E-state index contributed by atoms with van der Waals surface area (Å²) >= 11 is 0. The Morgan fingerprint density at radius 1 is 1.35 bits per heavy atom. The fraction of sp³-hybridized carbons (Fsp3) is 0.583. The second kappa shape index (κ2) is 4.79. The van der Waals surface area contributed by atoms with Crippen LogP contribution in [0.5, 0.6) is 0 Å². The lowest BCUT2D eigenvalue weighted by Crippen LogP contribution is -2.48. The third kappa shape index (κ3) is 2.44. The minimum atomic E-state index is 0.0833. The Hall–Kier alpha value is -1.49. The van der Waals surface area contributed by atoms with E-state index in [1.807, 2.05) is 11.9 Å². The molecule has 0 spiro atoms.